The van der Waals surface area contributed by atoms with Crippen molar-refractivity contribution in [2.75, 3.05) is 39.3 Å². The predicted octanol–water partition coefficient (Wildman–Crippen LogP) is 3.46. The molecule has 0 N–H and O–H groups in total. The Kier molecular flexibility index (Phi) is 7.03. The predicted molar refractivity (Wildman–Crippen MR) is 124 cm³/mol. The van der Waals surface area contributed by atoms with Crippen LogP contribution >= 0.6 is 22.9 Å². The highest BCUT2D eigenvalue weighted by atomic mass is 35.5. The number of benzene rings is 1. The molecule has 2 aliphatic heterocycles. The van der Waals surface area contributed by atoms with Gasteiger partial charge in [-0.1, -0.05) is 29.3 Å². The average molecular weight is 482 g/mol. The van der Waals surface area contributed by atoms with Gasteiger partial charge in [-0.3, -0.25) is 9.69 Å². The summed E-state index contributed by atoms with van der Waals surface area (Å²) in [5.74, 6) is 0.0818. The van der Waals surface area contributed by atoms with Gasteiger partial charge in [0.05, 0.1) is 9.23 Å². The fourth-order valence-corrected chi connectivity index (χ4v) is 6.84. The van der Waals surface area contributed by atoms with Crippen molar-refractivity contribution in [3.63, 3.8) is 0 Å². The SMILES string of the molecule is Cc1ccc(S(=O)(=O)N2CCC(C(=O)N3CCN(Cc4ccc(Cl)s4)CC3)CC2)cc1. The number of sulfonamides is 1. The van der Waals surface area contributed by atoms with Gasteiger partial charge in [-0.05, 0) is 44.0 Å². The second-order valence-electron chi connectivity index (χ2n) is 8.30. The van der Waals surface area contributed by atoms with Gasteiger partial charge in [-0.25, -0.2) is 8.42 Å². The first-order valence-corrected chi connectivity index (χ1v) is 13.3. The molecule has 31 heavy (non-hydrogen) atoms. The smallest absolute Gasteiger partial charge is 0.243 e. The van der Waals surface area contributed by atoms with Crippen molar-refractivity contribution < 1.29 is 13.2 Å². The number of hydrogen-bond acceptors (Lipinski definition) is 5. The Morgan fingerprint density at radius 3 is 2.23 bits per heavy atom. The summed E-state index contributed by atoms with van der Waals surface area (Å²) in [7, 11) is -3.49. The van der Waals surface area contributed by atoms with Gasteiger partial charge in [0.1, 0.15) is 0 Å². The number of halogens is 1. The number of piperazine rings is 1. The van der Waals surface area contributed by atoms with E-state index < -0.39 is 10.0 Å². The van der Waals surface area contributed by atoms with Crippen molar-refractivity contribution in [3.8, 4) is 0 Å². The zero-order valence-electron chi connectivity index (χ0n) is 17.7. The summed E-state index contributed by atoms with van der Waals surface area (Å²) in [6.07, 6.45) is 1.16. The summed E-state index contributed by atoms with van der Waals surface area (Å²) in [4.78, 5) is 18.9. The second-order valence-corrected chi connectivity index (χ2v) is 12.0. The van der Waals surface area contributed by atoms with E-state index in [1.54, 1.807) is 23.5 Å². The fraction of sp³-hybridized carbons (Fsp3) is 0.500. The quantitative estimate of drug-likeness (QED) is 0.656. The van der Waals surface area contributed by atoms with Gasteiger partial charge in [0, 0.05) is 56.6 Å². The maximum absolute atomic E-state index is 13.0. The third kappa shape index (κ3) is 5.31. The van der Waals surface area contributed by atoms with Crippen LogP contribution in [0.3, 0.4) is 0 Å². The zero-order valence-corrected chi connectivity index (χ0v) is 20.1. The van der Waals surface area contributed by atoms with Crippen LogP contribution in [0.25, 0.3) is 0 Å². The van der Waals surface area contributed by atoms with Crippen molar-refractivity contribution in [3.05, 3.63) is 51.2 Å². The summed E-state index contributed by atoms with van der Waals surface area (Å²) in [6, 6.07) is 10.9. The first-order chi connectivity index (χ1) is 14.8. The van der Waals surface area contributed by atoms with Crippen molar-refractivity contribution in [2.45, 2.75) is 31.2 Å². The third-order valence-electron chi connectivity index (χ3n) is 6.15. The van der Waals surface area contributed by atoms with Crippen LogP contribution in [0.15, 0.2) is 41.3 Å². The number of carbonyl (C=O) groups is 1. The molecule has 0 atom stereocenters. The standard InChI is InChI=1S/C22H28ClN3O3S2/c1-17-2-5-20(6-3-17)31(28,29)26-10-8-18(9-11-26)22(27)25-14-12-24(13-15-25)16-19-4-7-21(23)30-19/h2-7,18H,8-16H2,1H3. The van der Waals surface area contributed by atoms with Gasteiger partial charge in [0.2, 0.25) is 15.9 Å². The van der Waals surface area contributed by atoms with E-state index in [2.05, 4.69) is 11.0 Å². The molecule has 1 aromatic carbocycles. The lowest BCUT2D eigenvalue weighted by atomic mass is 9.96. The molecule has 2 fully saturated rings. The molecule has 4 rings (SSSR count). The lowest BCUT2D eigenvalue weighted by Crippen LogP contribution is -2.51. The first-order valence-electron chi connectivity index (χ1n) is 10.6. The Balaban J connectivity index is 1.27. The van der Waals surface area contributed by atoms with Gasteiger partial charge in [-0.15, -0.1) is 11.3 Å². The highest BCUT2D eigenvalue weighted by Crippen LogP contribution is 2.26. The highest BCUT2D eigenvalue weighted by Gasteiger charge is 2.34. The maximum atomic E-state index is 13.0. The molecule has 0 unspecified atom stereocenters. The molecule has 1 amide bonds. The Hall–Kier alpha value is -1.45. The number of amides is 1. The normalized spacial score (nSPS) is 19.6. The summed E-state index contributed by atoms with van der Waals surface area (Å²) in [6.45, 7) is 6.74. The lowest BCUT2D eigenvalue weighted by molar-refractivity contribution is -0.138. The first kappa shape index (κ1) is 22.7. The molecule has 9 heteroatoms. The monoisotopic (exact) mass is 481 g/mol. The van der Waals surface area contributed by atoms with Gasteiger partial charge < -0.3 is 4.90 Å². The van der Waals surface area contributed by atoms with Crippen LogP contribution in [0.1, 0.15) is 23.3 Å². The van der Waals surface area contributed by atoms with Crippen molar-refractivity contribution in [2.24, 2.45) is 5.92 Å². The minimum Gasteiger partial charge on any atom is -0.340 e. The van der Waals surface area contributed by atoms with Gasteiger partial charge in [0.25, 0.3) is 0 Å². The van der Waals surface area contributed by atoms with Crippen LogP contribution in [-0.4, -0.2) is 67.7 Å². The molecule has 0 radical (unpaired) electrons. The van der Waals surface area contributed by atoms with E-state index in [1.165, 1.54) is 9.18 Å². The molecular weight excluding hydrogens is 454 g/mol. The highest BCUT2D eigenvalue weighted by molar-refractivity contribution is 7.89. The zero-order chi connectivity index (χ0) is 22.0. The summed E-state index contributed by atoms with van der Waals surface area (Å²) < 4.78 is 28.1. The van der Waals surface area contributed by atoms with E-state index in [0.717, 1.165) is 42.6 Å². The summed E-state index contributed by atoms with van der Waals surface area (Å²) in [5.41, 5.74) is 1.03. The molecule has 3 heterocycles. The van der Waals surface area contributed by atoms with Crippen molar-refractivity contribution in [1.29, 1.82) is 0 Å². The molecule has 0 bridgehead atoms. The van der Waals surface area contributed by atoms with Gasteiger partial charge >= 0.3 is 0 Å². The number of carbonyl (C=O) groups excluding carboxylic acids is 1. The van der Waals surface area contributed by atoms with Gasteiger partial charge in [0.15, 0.2) is 0 Å². The number of hydrogen-bond donors (Lipinski definition) is 0. The average Bonchev–Trinajstić information content (AvgIpc) is 3.18. The van der Waals surface area contributed by atoms with E-state index >= 15 is 0 Å². The van der Waals surface area contributed by atoms with Crippen LogP contribution in [0.4, 0.5) is 0 Å². The topological polar surface area (TPSA) is 60.9 Å². The number of aryl methyl sites for hydroxylation is 1. The van der Waals surface area contributed by atoms with Crippen LogP contribution in [0.5, 0.6) is 0 Å². The summed E-state index contributed by atoms with van der Waals surface area (Å²) >= 11 is 7.62. The van der Waals surface area contributed by atoms with Crippen LogP contribution < -0.4 is 0 Å². The number of piperidine rings is 1. The minimum absolute atomic E-state index is 0.0906. The molecule has 1 aromatic heterocycles. The molecule has 168 valence electrons. The minimum atomic E-state index is -3.49. The van der Waals surface area contributed by atoms with Gasteiger partial charge in [-0.2, -0.15) is 4.31 Å². The Bertz CT molecular complexity index is 1010. The summed E-state index contributed by atoms with van der Waals surface area (Å²) in [5, 5.41) is 0. The van der Waals surface area contributed by atoms with E-state index in [9.17, 15) is 13.2 Å². The van der Waals surface area contributed by atoms with E-state index in [0.29, 0.717) is 30.8 Å². The second kappa shape index (κ2) is 9.58. The number of thiophene rings is 1. The number of nitrogens with zero attached hydrogens (tertiary/aromatic N) is 3. The largest absolute Gasteiger partial charge is 0.340 e. The Morgan fingerprint density at radius 1 is 1.00 bits per heavy atom. The maximum Gasteiger partial charge on any atom is 0.243 e. The van der Waals surface area contributed by atoms with E-state index in [1.807, 2.05) is 30.0 Å². The molecule has 2 aromatic rings. The Labute approximate surface area is 193 Å². The lowest BCUT2D eigenvalue weighted by Gasteiger charge is -2.38. The molecule has 2 saturated heterocycles. The van der Waals surface area contributed by atoms with Crippen LogP contribution in [0.2, 0.25) is 4.34 Å². The van der Waals surface area contributed by atoms with Crippen LogP contribution in [-0.2, 0) is 21.4 Å². The van der Waals surface area contributed by atoms with Crippen molar-refractivity contribution >= 4 is 38.9 Å². The molecule has 2 aliphatic rings. The van der Waals surface area contributed by atoms with E-state index in [-0.39, 0.29) is 11.8 Å². The molecule has 6 nitrogen and oxygen atoms in total. The molecule has 0 spiro atoms. The fourth-order valence-electron chi connectivity index (χ4n) is 4.24. The molecule has 0 aliphatic carbocycles. The Morgan fingerprint density at radius 2 is 1.65 bits per heavy atom. The molecule has 0 saturated carbocycles. The number of rotatable bonds is 5. The molecular formula is C22H28ClN3O3S2. The third-order valence-corrected chi connectivity index (χ3v) is 9.28. The van der Waals surface area contributed by atoms with Crippen molar-refractivity contribution in [1.82, 2.24) is 14.1 Å². The van der Waals surface area contributed by atoms with E-state index in [4.69, 9.17) is 11.6 Å². The van der Waals surface area contributed by atoms with Crippen LogP contribution in [0, 0.1) is 12.8 Å².